The summed E-state index contributed by atoms with van der Waals surface area (Å²) >= 11 is 4.64. The van der Waals surface area contributed by atoms with Crippen LogP contribution < -0.4 is 11.3 Å². The van der Waals surface area contributed by atoms with Gasteiger partial charge in [-0.3, -0.25) is 14.3 Å². The number of aliphatic hydroxyl groups excluding tert-OH is 2. The predicted molar refractivity (Wildman–Crippen MR) is 78.1 cm³/mol. The summed E-state index contributed by atoms with van der Waals surface area (Å²) in [5.41, 5.74) is 6.28. The third-order valence-corrected chi connectivity index (χ3v) is 3.54. The zero-order chi connectivity index (χ0) is 15.9. The van der Waals surface area contributed by atoms with Gasteiger partial charge in [0.1, 0.15) is 17.8 Å². The van der Waals surface area contributed by atoms with Crippen LogP contribution in [0.4, 0.5) is 5.95 Å². The van der Waals surface area contributed by atoms with E-state index in [0.29, 0.717) is 0 Å². The number of ether oxygens (including phenoxy) is 2. The van der Waals surface area contributed by atoms with Gasteiger partial charge < -0.3 is 25.4 Å². The first kappa shape index (κ1) is 14.8. The van der Waals surface area contributed by atoms with Gasteiger partial charge in [0, 0.05) is 0 Å². The van der Waals surface area contributed by atoms with E-state index in [9.17, 15) is 15.0 Å². The number of nitrogens with zero attached hydrogens (tertiary/aromatic N) is 3. The molecule has 0 radical (unpaired) electrons. The number of fused-ring (bicyclic) bond motifs is 1. The minimum Gasteiger partial charge on any atom is -0.479 e. The molecule has 1 fully saturated rings. The Bertz CT molecular complexity index is 761. The second-order valence-corrected chi connectivity index (χ2v) is 4.90. The van der Waals surface area contributed by atoms with E-state index in [4.69, 9.17) is 15.2 Å². The number of hydrogen-bond donors (Lipinski definition) is 4. The number of aromatic amines is 1. The van der Waals surface area contributed by atoms with E-state index in [1.54, 1.807) is 0 Å². The van der Waals surface area contributed by atoms with Crippen LogP contribution in [0.3, 0.4) is 0 Å². The first-order chi connectivity index (χ1) is 10.6. The highest BCUT2D eigenvalue weighted by Crippen LogP contribution is 2.32. The molecule has 1 aliphatic rings. The second-order valence-electron chi connectivity index (χ2n) is 4.71. The maximum Gasteiger partial charge on any atom is 0.280 e. The van der Waals surface area contributed by atoms with Crippen LogP contribution in [0.2, 0.25) is 0 Å². The second kappa shape index (κ2) is 5.61. The molecule has 0 aliphatic carbocycles. The summed E-state index contributed by atoms with van der Waals surface area (Å²) in [6.45, 7) is -0.405. The molecule has 0 amide bonds. The van der Waals surface area contributed by atoms with E-state index < -0.39 is 36.7 Å². The Morgan fingerprint density at radius 2 is 2.41 bits per heavy atom. The van der Waals surface area contributed by atoms with Crippen LogP contribution in [0.5, 0.6) is 0 Å². The van der Waals surface area contributed by atoms with Crippen LogP contribution in [-0.4, -0.2) is 60.2 Å². The summed E-state index contributed by atoms with van der Waals surface area (Å²) in [4.78, 5) is 22.1. The number of aliphatic hydroxyl groups is 2. The Hall–Kier alpha value is -2.08. The summed E-state index contributed by atoms with van der Waals surface area (Å²) in [6, 6.07) is 0. The molecule has 2 aromatic heterocycles. The maximum atomic E-state index is 11.8. The van der Waals surface area contributed by atoms with Gasteiger partial charge in [0.05, 0.1) is 12.9 Å². The van der Waals surface area contributed by atoms with Crippen molar-refractivity contribution in [2.45, 2.75) is 24.5 Å². The monoisotopic (exact) mass is 327 g/mol. The number of anilines is 1. The van der Waals surface area contributed by atoms with Gasteiger partial charge in [0.25, 0.3) is 5.56 Å². The fraction of sp³-hybridized carbons (Fsp3) is 0.455. The van der Waals surface area contributed by atoms with Crippen molar-refractivity contribution in [1.29, 1.82) is 0 Å². The summed E-state index contributed by atoms with van der Waals surface area (Å²) in [7, 11) is 0. The zero-order valence-corrected chi connectivity index (χ0v) is 11.9. The minimum atomic E-state index is -1.11. The number of hydrogen-bond acceptors (Lipinski definition) is 9. The highest BCUT2D eigenvalue weighted by molar-refractivity contribution is 7.78. The lowest BCUT2D eigenvalue weighted by Crippen LogP contribution is -2.35. The first-order valence-corrected chi connectivity index (χ1v) is 6.79. The van der Waals surface area contributed by atoms with Crippen LogP contribution in [0.25, 0.3) is 11.2 Å². The zero-order valence-electron chi connectivity index (χ0n) is 11.1. The molecule has 4 atom stereocenters. The molecule has 118 valence electrons. The van der Waals surface area contributed by atoms with Crippen LogP contribution in [0.1, 0.15) is 6.23 Å². The van der Waals surface area contributed by atoms with Gasteiger partial charge >= 0.3 is 0 Å². The average molecular weight is 327 g/mol. The SMILES string of the molecule is Nc1nc2c(ncn2[C@@H]2O[C@H](CO)[C@@H](O)[C@H]2OC=S)c(=O)[nH]1. The number of thiocarbonyl (C=S) groups is 1. The van der Waals surface area contributed by atoms with Crippen molar-refractivity contribution >= 4 is 34.9 Å². The molecule has 3 rings (SSSR count). The Labute approximate surface area is 128 Å². The number of aromatic nitrogens is 4. The summed E-state index contributed by atoms with van der Waals surface area (Å²) in [5, 5.41) is 19.4. The predicted octanol–water partition coefficient (Wildman–Crippen LogP) is -1.71. The normalized spacial score (nSPS) is 28.1. The maximum absolute atomic E-state index is 11.8. The van der Waals surface area contributed by atoms with Crippen molar-refractivity contribution in [3.05, 3.63) is 16.7 Å². The van der Waals surface area contributed by atoms with Gasteiger partial charge in [-0.15, -0.1) is 0 Å². The van der Waals surface area contributed by atoms with Crippen LogP contribution in [0.15, 0.2) is 11.1 Å². The molecule has 1 aliphatic heterocycles. The quantitative estimate of drug-likeness (QED) is 0.482. The molecule has 11 heteroatoms. The molecule has 0 aromatic carbocycles. The van der Waals surface area contributed by atoms with Crippen molar-refractivity contribution in [1.82, 2.24) is 19.5 Å². The molecule has 0 saturated carbocycles. The van der Waals surface area contributed by atoms with Crippen molar-refractivity contribution in [3.8, 4) is 0 Å². The van der Waals surface area contributed by atoms with Gasteiger partial charge in [-0.25, -0.2) is 4.98 Å². The lowest BCUT2D eigenvalue weighted by atomic mass is 10.1. The van der Waals surface area contributed by atoms with E-state index in [2.05, 4.69) is 27.2 Å². The van der Waals surface area contributed by atoms with Crippen molar-refractivity contribution in [3.63, 3.8) is 0 Å². The molecular formula is C11H13N5O5S. The fourth-order valence-corrected chi connectivity index (χ4v) is 2.56. The van der Waals surface area contributed by atoms with Gasteiger partial charge in [0.2, 0.25) is 5.95 Å². The smallest absolute Gasteiger partial charge is 0.280 e. The molecule has 22 heavy (non-hydrogen) atoms. The fourth-order valence-electron chi connectivity index (χ4n) is 2.43. The van der Waals surface area contributed by atoms with Gasteiger partial charge in [-0.05, 0) is 12.2 Å². The number of H-pyrrole nitrogens is 1. The van der Waals surface area contributed by atoms with Crippen LogP contribution in [0, 0.1) is 0 Å². The van der Waals surface area contributed by atoms with Crippen LogP contribution >= 0.6 is 12.2 Å². The Morgan fingerprint density at radius 3 is 3.09 bits per heavy atom. The van der Waals surface area contributed by atoms with Crippen molar-refractivity contribution in [2.75, 3.05) is 12.3 Å². The van der Waals surface area contributed by atoms with Crippen molar-refractivity contribution < 1.29 is 19.7 Å². The minimum absolute atomic E-state index is 0.0702. The average Bonchev–Trinajstić information content (AvgIpc) is 3.02. The first-order valence-electron chi connectivity index (χ1n) is 6.32. The largest absolute Gasteiger partial charge is 0.479 e. The summed E-state index contributed by atoms with van der Waals surface area (Å²) in [6.07, 6.45) is -2.39. The lowest BCUT2D eigenvalue weighted by molar-refractivity contribution is -0.0490. The Balaban J connectivity index is 2.09. The van der Waals surface area contributed by atoms with Gasteiger partial charge in [-0.2, -0.15) is 4.98 Å². The van der Waals surface area contributed by atoms with E-state index in [1.807, 2.05) is 0 Å². The highest BCUT2D eigenvalue weighted by atomic mass is 32.1. The van der Waals surface area contributed by atoms with Crippen LogP contribution in [-0.2, 0) is 9.47 Å². The Kier molecular flexibility index (Phi) is 3.78. The summed E-state index contributed by atoms with van der Waals surface area (Å²) in [5.74, 6) is -0.0798. The third kappa shape index (κ3) is 2.23. The van der Waals surface area contributed by atoms with E-state index in [-0.39, 0.29) is 17.1 Å². The molecule has 3 heterocycles. The van der Waals surface area contributed by atoms with E-state index in [0.717, 1.165) is 5.55 Å². The molecular weight excluding hydrogens is 314 g/mol. The molecule has 2 aromatic rings. The number of nitrogen functional groups attached to an aromatic ring is 1. The van der Waals surface area contributed by atoms with Gasteiger partial charge in [0.15, 0.2) is 23.5 Å². The molecule has 0 unspecified atom stereocenters. The number of imidazole rings is 1. The number of nitrogens with one attached hydrogen (secondary N) is 1. The molecule has 10 nitrogen and oxygen atoms in total. The topological polar surface area (TPSA) is 149 Å². The van der Waals surface area contributed by atoms with E-state index in [1.165, 1.54) is 10.9 Å². The van der Waals surface area contributed by atoms with Gasteiger partial charge in [-0.1, -0.05) is 0 Å². The van der Waals surface area contributed by atoms with E-state index >= 15 is 0 Å². The standard InChI is InChI=1S/C11H13N5O5S/c12-11-14-8-5(9(19)15-11)13-2-16(8)10-7(20-3-22)6(18)4(1-17)21-10/h2-4,6-7,10,17-18H,1H2,(H3,12,14,15,19)/t4-,6-,7-,10-/m1/s1. The summed E-state index contributed by atoms with van der Waals surface area (Å²) < 4.78 is 12.2. The number of nitrogens with two attached hydrogens (primary N) is 1. The lowest BCUT2D eigenvalue weighted by Gasteiger charge is -2.20. The molecule has 5 N–H and O–H groups in total. The molecule has 1 saturated heterocycles. The molecule has 0 bridgehead atoms. The molecule has 0 spiro atoms. The highest BCUT2D eigenvalue weighted by Gasteiger charge is 2.46. The number of rotatable bonds is 4. The third-order valence-electron chi connectivity index (χ3n) is 3.43. The van der Waals surface area contributed by atoms with Crippen molar-refractivity contribution in [2.24, 2.45) is 0 Å². The Morgan fingerprint density at radius 1 is 1.64 bits per heavy atom.